The second-order valence-electron chi connectivity index (χ2n) is 5.75. The third-order valence-electron chi connectivity index (χ3n) is 3.45. The molecule has 0 saturated carbocycles. The van der Waals surface area contributed by atoms with E-state index in [1.165, 1.54) is 36.4 Å². The molecule has 2 aromatic rings. The number of nitrogens with two attached hydrogens (primary N) is 1. The first-order valence-electron chi connectivity index (χ1n) is 7.60. The molecule has 0 aromatic heterocycles. The molecule has 26 heavy (non-hydrogen) atoms. The van der Waals surface area contributed by atoms with E-state index in [-0.39, 0.29) is 23.4 Å². The van der Waals surface area contributed by atoms with Gasteiger partial charge in [-0.3, -0.25) is 14.3 Å². The molecule has 8 nitrogen and oxygen atoms in total. The number of aromatic hydroxyl groups is 1. The van der Waals surface area contributed by atoms with Gasteiger partial charge >= 0.3 is 0 Å². The van der Waals surface area contributed by atoms with Crippen LogP contribution in [0.4, 0.5) is 5.69 Å². The molecule has 0 heterocycles. The lowest BCUT2D eigenvalue weighted by atomic mass is 10.0. The molecule has 2 rings (SSSR count). The van der Waals surface area contributed by atoms with Gasteiger partial charge in [0.15, 0.2) is 0 Å². The number of hydrogen-bond acceptors (Lipinski definition) is 5. The lowest BCUT2D eigenvalue weighted by Gasteiger charge is -2.16. The third kappa shape index (κ3) is 5.78. The number of carbonyl (C=O) groups is 2. The molecule has 1 atom stereocenters. The highest BCUT2D eigenvalue weighted by molar-refractivity contribution is 7.92. The molecule has 0 fully saturated rings. The number of amides is 2. The van der Waals surface area contributed by atoms with Gasteiger partial charge in [0, 0.05) is 17.7 Å². The van der Waals surface area contributed by atoms with Gasteiger partial charge in [0.2, 0.25) is 15.9 Å². The first-order chi connectivity index (χ1) is 12.1. The summed E-state index contributed by atoms with van der Waals surface area (Å²) >= 11 is 0. The molecular formula is C17H19N3O5S. The molecule has 0 aliphatic heterocycles. The van der Waals surface area contributed by atoms with Crippen LogP contribution in [0.2, 0.25) is 0 Å². The maximum atomic E-state index is 12.4. The summed E-state index contributed by atoms with van der Waals surface area (Å²) in [4.78, 5) is 24.0. The van der Waals surface area contributed by atoms with E-state index in [1.807, 2.05) is 0 Å². The minimum absolute atomic E-state index is 0.0867. The summed E-state index contributed by atoms with van der Waals surface area (Å²) in [5.41, 5.74) is 6.47. The van der Waals surface area contributed by atoms with Crippen LogP contribution in [-0.4, -0.2) is 37.6 Å². The second-order valence-corrected chi connectivity index (χ2v) is 7.50. The van der Waals surface area contributed by atoms with Gasteiger partial charge < -0.3 is 16.2 Å². The van der Waals surface area contributed by atoms with Crippen molar-refractivity contribution in [3.8, 4) is 5.75 Å². The Labute approximate surface area is 151 Å². The Morgan fingerprint density at radius 2 is 1.81 bits per heavy atom. The van der Waals surface area contributed by atoms with Crippen LogP contribution in [0.25, 0.3) is 0 Å². The van der Waals surface area contributed by atoms with Crippen molar-refractivity contribution in [2.45, 2.75) is 12.5 Å². The maximum absolute atomic E-state index is 12.4. The highest BCUT2D eigenvalue weighted by Crippen LogP contribution is 2.14. The molecule has 0 spiro atoms. The van der Waals surface area contributed by atoms with Crippen molar-refractivity contribution in [1.82, 2.24) is 5.32 Å². The van der Waals surface area contributed by atoms with Gasteiger partial charge in [-0.25, -0.2) is 8.42 Å². The van der Waals surface area contributed by atoms with Crippen LogP contribution in [0.15, 0.2) is 48.5 Å². The number of nitrogens with one attached hydrogen (secondary N) is 2. The quantitative estimate of drug-likeness (QED) is 0.559. The summed E-state index contributed by atoms with van der Waals surface area (Å²) in [5.74, 6) is -1.19. The lowest BCUT2D eigenvalue weighted by molar-refractivity contribution is -0.119. The highest BCUT2D eigenvalue weighted by atomic mass is 32.2. The van der Waals surface area contributed by atoms with Gasteiger partial charge in [-0.05, 0) is 35.9 Å². The smallest absolute Gasteiger partial charge is 0.252 e. The summed E-state index contributed by atoms with van der Waals surface area (Å²) in [6, 6.07) is 11.1. The number of rotatable bonds is 7. The number of benzene rings is 2. The number of sulfonamides is 1. The van der Waals surface area contributed by atoms with Gasteiger partial charge in [0.05, 0.1) is 6.26 Å². The molecular weight excluding hydrogens is 358 g/mol. The van der Waals surface area contributed by atoms with Crippen molar-refractivity contribution in [2.75, 3.05) is 11.0 Å². The monoisotopic (exact) mass is 377 g/mol. The summed E-state index contributed by atoms with van der Waals surface area (Å²) < 4.78 is 24.8. The molecule has 0 saturated heterocycles. The van der Waals surface area contributed by atoms with Crippen LogP contribution in [-0.2, 0) is 21.2 Å². The van der Waals surface area contributed by atoms with E-state index in [4.69, 9.17) is 5.73 Å². The molecule has 9 heteroatoms. The van der Waals surface area contributed by atoms with Gasteiger partial charge in [-0.2, -0.15) is 0 Å². The first-order valence-corrected chi connectivity index (χ1v) is 9.49. The van der Waals surface area contributed by atoms with Gasteiger partial charge in [0.1, 0.15) is 11.8 Å². The van der Waals surface area contributed by atoms with E-state index in [0.29, 0.717) is 5.56 Å². The molecule has 5 N–H and O–H groups in total. The van der Waals surface area contributed by atoms with Crippen molar-refractivity contribution in [3.63, 3.8) is 0 Å². The fraction of sp³-hybridized carbons (Fsp3) is 0.176. The Balaban J connectivity index is 2.13. The zero-order valence-corrected chi connectivity index (χ0v) is 14.8. The van der Waals surface area contributed by atoms with Crippen LogP contribution < -0.4 is 15.8 Å². The fourth-order valence-electron chi connectivity index (χ4n) is 2.27. The highest BCUT2D eigenvalue weighted by Gasteiger charge is 2.20. The lowest BCUT2D eigenvalue weighted by Crippen LogP contribution is -2.45. The predicted octanol–water partition coefficient (Wildman–Crippen LogP) is 0.590. The van der Waals surface area contributed by atoms with Crippen molar-refractivity contribution < 1.29 is 23.1 Å². The standard InChI is InChI=1S/C17H19N3O5S/c1-26(24,25)20-13-4-2-3-12(10-13)17(23)19-15(16(18)22)9-11-5-7-14(21)8-6-11/h2-8,10,15,20-21H,9H2,1H3,(H2,18,22)(H,19,23)/t15-/m0/s1. The fourth-order valence-corrected chi connectivity index (χ4v) is 2.83. The summed E-state index contributed by atoms with van der Waals surface area (Å²) in [7, 11) is -3.48. The molecule has 0 unspecified atom stereocenters. The van der Waals surface area contributed by atoms with Crippen molar-refractivity contribution in [2.24, 2.45) is 5.73 Å². The Morgan fingerprint density at radius 3 is 2.38 bits per heavy atom. The van der Waals surface area contributed by atoms with Crippen molar-refractivity contribution >= 4 is 27.5 Å². The predicted molar refractivity (Wildman–Crippen MR) is 97.2 cm³/mol. The topological polar surface area (TPSA) is 139 Å². The number of carbonyl (C=O) groups excluding carboxylic acids is 2. The SMILES string of the molecule is CS(=O)(=O)Nc1cccc(C(=O)N[C@@H](Cc2ccc(O)cc2)C(N)=O)c1. The van der Waals surface area contributed by atoms with E-state index >= 15 is 0 Å². The number of primary amides is 1. The number of hydrogen-bond donors (Lipinski definition) is 4. The number of anilines is 1. The van der Waals surface area contributed by atoms with E-state index in [0.717, 1.165) is 6.26 Å². The third-order valence-corrected chi connectivity index (χ3v) is 4.06. The van der Waals surface area contributed by atoms with Crippen LogP contribution >= 0.6 is 0 Å². The molecule has 0 aliphatic carbocycles. The second kappa shape index (κ2) is 7.87. The van der Waals surface area contributed by atoms with E-state index < -0.39 is 27.9 Å². The molecule has 2 aromatic carbocycles. The molecule has 0 bridgehead atoms. The zero-order valence-electron chi connectivity index (χ0n) is 14.0. The normalized spacial score (nSPS) is 12.2. The van der Waals surface area contributed by atoms with Crippen molar-refractivity contribution in [3.05, 3.63) is 59.7 Å². The van der Waals surface area contributed by atoms with E-state index in [1.54, 1.807) is 12.1 Å². The summed E-state index contributed by atoms with van der Waals surface area (Å²) in [6.45, 7) is 0. The Morgan fingerprint density at radius 1 is 1.15 bits per heavy atom. The zero-order chi connectivity index (χ0) is 19.3. The Hall–Kier alpha value is -3.07. The average molecular weight is 377 g/mol. The van der Waals surface area contributed by atoms with E-state index in [9.17, 15) is 23.1 Å². The number of phenolic OH excluding ortho intramolecular Hbond substituents is 1. The van der Waals surface area contributed by atoms with Gasteiger partial charge in [0.25, 0.3) is 5.91 Å². The van der Waals surface area contributed by atoms with E-state index in [2.05, 4.69) is 10.0 Å². The largest absolute Gasteiger partial charge is 0.508 e. The summed E-state index contributed by atoms with van der Waals surface area (Å²) in [5, 5.41) is 11.8. The van der Waals surface area contributed by atoms with Crippen molar-refractivity contribution in [1.29, 1.82) is 0 Å². The molecule has 138 valence electrons. The van der Waals surface area contributed by atoms with Crippen LogP contribution in [0.3, 0.4) is 0 Å². The number of phenols is 1. The van der Waals surface area contributed by atoms with Crippen LogP contribution in [0.1, 0.15) is 15.9 Å². The molecule has 0 radical (unpaired) electrons. The minimum Gasteiger partial charge on any atom is -0.508 e. The van der Waals surface area contributed by atoms with Crippen LogP contribution in [0.5, 0.6) is 5.75 Å². The first kappa shape index (κ1) is 19.3. The summed E-state index contributed by atoms with van der Waals surface area (Å²) in [6.07, 6.45) is 1.16. The van der Waals surface area contributed by atoms with Gasteiger partial charge in [-0.15, -0.1) is 0 Å². The Kier molecular flexibility index (Phi) is 5.83. The maximum Gasteiger partial charge on any atom is 0.252 e. The van der Waals surface area contributed by atoms with Gasteiger partial charge in [-0.1, -0.05) is 18.2 Å². The molecule has 2 amide bonds. The minimum atomic E-state index is -3.48. The average Bonchev–Trinajstić information content (AvgIpc) is 2.54. The Bertz CT molecular complexity index is 910. The molecule has 0 aliphatic rings. The van der Waals surface area contributed by atoms with Crippen LogP contribution in [0, 0.1) is 0 Å².